The minimum atomic E-state index is -0.468. The maximum atomic E-state index is 5.86. The van der Waals surface area contributed by atoms with Crippen LogP contribution in [0.25, 0.3) is 0 Å². The standard InChI is InChI=1S/C13H22O2/c1-7-10(2)8-9-11-12(3,4)15-13(5,6)14-11/h7-8,11H,1,9H2,2-6H3/b10-8+/t11-/m0/s1. The molecule has 15 heavy (non-hydrogen) atoms. The van der Waals surface area contributed by atoms with Gasteiger partial charge in [-0.3, -0.25) is 0 Å². The third kappa shape index (κ3) is 3.18. The summed E-state index contributed by atoms with van der Waals surface area (Å²) in [6.45, 7) is 13.8. The number of ether oxygens (including phenoxy) is 2. The second-order valence-electron chi connectivity index (χ2n) is 5.10. The summed E-state index contributed by atoms with van der Waals surface area (Å²) in [5, 5.41) is 0. The summed E-state index contributed by atoms with van der Waals surface area (Å²) in [5.74, 6) is -0.468. The van der Waals surface area contributed by atoms with E-state index in [2.05, 4.69) is 26.5 Å². The van der Waals surface area contributed by atoms with Crippen LogP contribution in [-0.2, 0) is 9.47 Å². The highest BCUT2D eigenvalue weighted by Crippen LogP contribution is 2.37. The van der Waals surface area contributed by atoms with Gasteiger partial charge >= 0.3 is 0 Å². The van der Waals surface area contributed by atoms with Gasteiger partial charge in [0.25, 0.3) is 0 Å². The Balaban J connectivity index is 2.67. The van der Waals surface area contributed by atoms with Crippen LogP contribution >= 0.6 is 0 Å². The molecule has 0 unspecified atom stereocenters. The molecule has 0 spiro atoms. The first kappa shape index (κ1) is 12.5. The molecular weight excluding hydrogens is 188 g/mol. The van der Waals surface area contributed by atoms with E-state index < -0.39 is 5.79 Å². The fourth-order valence-electron chi connectivity index (χ4n) is 1.92. The van der Waals surface area contributed by atoms with Gasteiger partial charge in [0, 0.05) is 0 Å². The Morgan fingerprint density at radius 2 is 1.93 bits per heavy atom. The van der Waals surface area contributed by atoms with Crippen molar-refractivity contribution in [2.45, 2.75) is 58.5 Å². The lowest BCUT2D eigenvalue weighted by atomic mass is 9.98. The summed E-state index contributed by atoms with van der Waals surface area (Å²) >= 11 is 0. The Kier molecular flexibility index (Phi) is 3.41. The Morgan fingerprint density at radius 3 is 2.33 bits per heavy atom. The maximum absolute atomic E-state index is 5.86. The number of hydrogen-bond acceptors (Lipinski definition) is 2. The van der Waals surface area contributed by atoms with Gasteiger partial charge in [0.1, 0.15) is 0 Å². The SMILES string of the molecule is C=C/C(C)=C/C[C@@H]1OC(C)(C)OC1(C)C. The van der Waals surface area contributed by atoms with Crippen LogP contribution in [0.2, 0.25) is 0 Å². The molecular formula is C13H22O2. The topological polar surface area (TPSA) is 18.5 Å². The minimum Gasteiger partial charge on any atom is -0.344 e. The summed E-state index contributed by atoms with van der Waals surface area (Å²) in [7, 11) is 0. The summed E-state index contributed by atoms with van der Waals surface area (Å²) in [6, 6.07) is 0. The Morgan fingerprint density at radius 1 is 1.33 bits per heavy atom. The first-order chi connectivity index (χ1) is 6.77. The van der Waals surface area contributed by atoms with Crippen molar-refractivity contribution in [1.82, 2.24) is 0 Å². The fraction of sp³-hybridized carbons (Fsp3) is 0.692. The molecule has 1 heterocycles. The lowest BCUT2D eigenvalue weighted by Crippen LogP contribution is -2.32. The lowest BCUT2D eigenvalue weighted by Gasteiger charge is -2.23. The highest BCUT2D eigenvalue weighted by Gasteiger charge is 2.46. The van der Waals surface area contributed by atoms with Gasteiger partial charge < -0.3 is 9.47 Å². The van der Waals surface area contributed by atoms with E-state index in [0.29, 0.717) is 0 Å². The average molecular weight is 210 g/mol. The van der Waals surface area contributed by atoms with Gasteiger partial charge in [-0.05, 0) is 41.0 Å². The predicted molar refractivity (Wildman–Crippen MR) is 62.7 cm³/mol. The van der Waals surface area contributed by atoms with Gasteiger partial charge in [-0.25, -0.2) is 0 Å². The van der Waals surface area contributed by atoms with E-state index in [1.165, 1.54) is 5.57 Å². The second-order valence-corrected chi connectivity index (χ2v) is 5.10. The van der Waals surface area contributed by atoms with Gasteiger partial charge in [-0.2, -0.15) is 0 Å². The molecule has 0 bridgehead atoms. The number of allylic oxidation sites excluding steroid dienone is 2. The van der Waals surface area contributed by atoms with Crippen LogP contribution in [0.4, 0.5) is 0 Å². The van der Waals surface area contributed by atoms with Crippen molar-refractivity contribution >= 4 is 0 Å². The lowest BCUT2D eigenvalue weighted by molar-refractivity contribution is -0.157. The van der Waals surface area contributed by atoms with E-state index in [4.69, 9.17) is 9.47 Å². The van der Waals surface area contributed by atoms with Gasteiger partial charge in [0.15, 0.2) is 5.79 Å². The van der Waals surface area contributed by atoms with Crippen LogP contribution in [0.3, 0.4) is 0 Å². The van der Waals surface area contributed by atoms with E-state index in [9.17, 15) is 0 Å². The van der Waals surface area contributed by atoms with Crippen molar-refractivity contribution < 1.29 is 9.47 Å². The molecule has 1 saturated heterocycles. The summed E-state index contributed by atoms with van der Waals surface area (Å²) in [4.78, 5) is 0. The van der Waals surface area contributed by atoms with Crippen LogP contribution in [0.1, 0.15) is 41.0 Å². The Labute approximate surface area is 93.0 Å². The summed E-state index contributed by atoms with van der Waals surface area (Å²) in [6.07, 6.45) is 4.98. The Hall–Kier alpha value is -0.600. The molecule has 1 aliphatic rings. The predicted octanol–water partition coefficient (Wildman–Crippen LogP) is 3.44. The smallest absolute Gasteiger partial charge is 0.164 e. The maximum Gasteiger partial charge on any atom is 0.164 e. The van der Waals surface area contributed by atoms with E-state index in [1.807, 2.05) is 26.8 Å². The average Bonchev–Trinajstić information content (AvgIpc) is 2.29. The van der Waals surface area contributed by atoms with Crippen molar-refractivity contribution in [2.24, 2.45) is 0 Å². The largest absolute Gasteiger partial charge is 0.344 e. The third-order valence-corrected chi connectivity index (χ3v) is 2.69. The van der Waals surface area contributed by atoms with Gasteiger partial charge in [0.2, 0.25) is 0 Å². The number of rotatable bonds is 3. The summed E-state index contributed by atoms with van der Waals surface area (Å²) < 4.78 is 11.7. The van der Waals surface area contributed by atoms with E-state index in [0.717, 1.165) is 6.42 Å². The molecule has 0 aliphatic carbocycles. The first-order valence-electron chi connectivity index (χ1n) is 5.44. The van der Waals surface area contributed by atoms with Crippen LogP contribution in [0.5, 0.6) is 0 Å². The van der Waals surface area contributed by atoms with Crippen molar-refractivity contribution in [3.05, 3.63) is 24.3 Å². The summed E-state index contributed by atoms with van der Waals surface area (Å²) in [5.41, 5.74) is 0.959. The molecule has 0 aromatic carbocycles. The van der Waals surface area contributed by atoms with E-state index in [-0.39, 0.29) is 11.7 Å². The van der Waals surface area contributed by atoms with Crippen molar-refractivity contribution in [1.29, 1.82) is 0 Å². The van der Waals surface area contributed by atoms with Crippen molar-refractivity contribution in [2.75, 3.05) is 0 Å². The molecule has 1 fully saturated rings. The van der Waals surface area contributed by atoms with E-state index >= 15 is 0 Å². The zero-order valence-corrected chi connectivity index (χ0v) is 10.5. The third-order valence-electron chi connectivity index (χ3n) is 2.69. The molecule has 1 atom stereocenters. The fourth-order valence-corrected chi connectivity index (χ4v) is 1.92. The van der Waals surface area contributed by atoms with Gasteiger partial charge in [0.05, 0.1) is 11.7 Å². The molecule has 2 nitrogen and oxygen atoms in total. The molecule has 2 heteroatoms. The zero-order chi connectivity index (χ0) is 11.7. The van der Waals surface area contributed by atoms with Crippen molar-refractivity contribution in [3.8, 4) is 0 Å². The molecule has 0 aromatic rings. The zero-order valence-electron chi connectivity index (χ0n) is 10.5. The van der Waals surface area contributed by atoms with Gasteiger partial charge in [-0.1, -0.05) is 24.3 Å². The van der Waals surface area contributed by atoms with E-state index in [1.54, 1.807) is 0 Å². The second kappa shape index (κ2) is 4.11. The van der Waals surface area contributed by atoms with Crippen LogP contribution < -0.4 is 0 Å². The first-order valence-corrected chi connectivity index (χ1v) is 5.44. The molecule has 0 saturated carbocycles. The normalized spacial score (nSPS) is 29.1. The number of hydrogen-bond donors (Lipinski definition) is 0. The molecule has 0 N–H and O–H groups in total. The minimum absolute atomic E-state index is 0.113. The monoisotopic (exact) mass is 210 g/mol. The molecule has 0 amide bonds. The Bertz CT molecular complexity index is 274. The van der Waals surface area contributed by atoms with Crippen molar-refractivity contribution in [3.63, 3.8) is 0 Å². The van der Waals surface area contributed by atoms with Crippen LogP contribution in [0, 0.1) is 0 Å². The molecule has 86 valence electrons. The highest BCUT2D eigenvalue weighted by atomic mass is 16.8. The van der Waals surface area contributed by atoms with Crippen LogP contribution in [0.15, 0.2) is 24.3 Å². The van der Waals surface area contributed by atoms with Crippen LogP contribution in [-0.4, -0.2) is 17.5 Å². The molecule has 1 rings (SSSR count). The molecule has 0 radical (unpaired) electrons. The molecule has 0 aromatic heterocycles. The molecule has 1 aliphatic heterocycles. The van der Waals surface area contributed by atoms with Gasteiger partial charge in [-0.15, -0.1) is 0 Å². The highest BCUT2D eigenvalue weighted by molar-refractivity contribution is 5.13. The quantitative estimate of drug-likeness (QED) is 0.664.